The number of anilines is 1. The SMILES string of the molecule is CCOC(=O)c1ccc(NC(=O)CSc2ccc(-c3cccs3)nn2)cc1. The highest BCUT2D eigenvalue weighted by Gasteiger charge is 2.09. The number of nitrogens with zero attached hydrogens (tertiary/aromatic N) is 2. The van der Waals surface area contributed by atoms with E-state index < -0.39 is 0 Å². The van der Waals surface area contributed by atoms with Crippen LogP contribution in [0.25, 0.3) is 10.6 Å². The lowest BCUT2D eigenvalue weighted by molar-refractivity contribution is -0.113. The second-order valence-electron chi connectivity index (χ2n) is 5.37. The number of carbonyl (C=O) groups is 2. The second kappa shape index (κ2) is 9.29. The molecule has 0 aliphatic heterocycles. The Morgan fingerprint density at radius 2 is 1.93 bits per heavy atom. The van der Waals surface area contributed by atoms with Crippen LogP contribution in [0.15, 0.2) is 58.9 Å². The van der Waals surface area contributed by atoms with Crippen LogP contribution in [0, 0.1) is 0 Å². The molecule has 27 heavy (non-hydrogen) atoms. The topological polar surface area (TPSA) is 81.2 Å². The van der Waals surface area contributed by atoms with Crippen LogP contribution in [0.5, 0.6) is 0 Å². The molecular weight excluding hydrogens is 382 g/mol. The van der Waals surface area contributed by atoms with Gasteiger partial charge in [-0.05, 0) is 54.8 Å². The third kappa shape index (κ3) is 5.38. The number of nitrogens with one attached hydrogen (secondary N) is 1. The summed E-state index contributed by atoms with van der Waals surface area (Å²) in [7, 11) is 0. The maximum atomic E-state index is 12.1. The van der Waals surface area contributed by atoms with Gasteiger partial charge in [0.15, 0.2) is 0 Å². The van der Waals surface area contributed by atoms with Crippen LogP contribution in [0.4, 0.5) is 5.69 Å². The van der Waals surface area contributed by atoms with Gasteiger partial charge < -0.3 is 10.1 Å². The third-order valence-corrected chi connectivity index (χ3v) is 5.26. The van der Waals surface area contributed by atoms with Gasteiger partial charge in [0, 0.05) is 5.69 Å². The summed E-state index contributed by atoms with van der Waals surface area (Å²) in [6.07, 6.45) is 0. The summed E-state index contributed by atoms with van der Waals surface area (Å²) in [5, 5.41) is 13.8. The Kier molecular flexibility index (Phi) is 6.56. The Morgan fingerprint density at radius 3 is 2.56 bits per heavy atom. The summed E-state index contributed by atoms with van der Waals surface area (Å²) in [4.78, 5) is 24.8. The molecule has 138 valence electrons. The summed E-state index contributed by atoms with van der Waals surface area (Å²) < 4.78 is 4.93. The van der Waals surface area contributed by atoms with E-state index in [2.05, 4.69) is 15.5 Å². The van der Waals surface area contributed by atoms with Crippen LogP contribution < -0.4 is 5.32 Å². The van der Waals surface area contributed by atoms with E-state index in [0.29, 0.717) is 22.9 Å². The highest BCUT2D eigenvalue weighted by atomic mass is 32.2. The molecule has 0 atom stereocenters. The van der Waals surface area contributed by atoms with Gasteiger partial charge in [-0.1, -0.05) is 17.8 Å². The molecule has 0 aliphatic rings. The molecule has 6 nitrogen and oxygen atoms in total. The Bertz CT molecular complexity index is 895. The second-order valence-corrected chi connectivity index (χ2v) is 7.31. The summed E-state index contributed by atoms with van der Waals surface area (Å²) in [6.45, 7) is 2.08. The number of amides is 1. The van der Waals surface area contributed by atoms with Gasteiger partial charge in [-0.25, -0.2) is 4.79 Å². The molecule has 0 fully saturated rings. The van der Waals surface area contributed by atoms with Crippen molar-refractivity contribution >= 4 is 40.7 Å². The lowest BCUT2D eigenvalue weighted by Gasteiger charge is -2.06. The minimum absolute atomic E-state index is 0.159. The molecule has 1 aromatic carbocycles. The minimum atomic E-state index is -0.379. The van der Waals surface area contributed by atoms with Gasteiger partial charge >= 0.3 is 5.97 Å². The Hall–Kier alpha value is -2.71. The first kappa shape index (κ1) is 19.1. The highest BCUT2D eigenvalue weighted by Crippen LogP contribution is 2.23. The molecule has 1 amide bonds. The van der Waals surface area contributed by atoms with E-state index in [-0.39, 0.29) is 17.6 Å². The van der Waals surface area contributed by atoms with Crippen molar-refractivity contribution in [2.75, 3.05) is 17.7 Å². The Morgan fingerprint density at radius 1 is 1.11 bits per heavy atom. The van der Waals surface area contributed by atoms with Gasteiger partial charge in [0.05, 0.1) is 22.8 Å². The molecule has 2 aromatic heterocycles. The molecule has 3 rings (SSSR count). The lowest BCUT2D eigenvalue weighted by atomic mass is 10.2. The molecule has 1 N–H and O–H groups in total. The van der Waals surface area contributed by atoms with Crippen molar-refractivity contribution < 1.29 is 14.3 Å². The standard InChI is InChI=1S/C19H17N3O3S2/c1-2-25-19(24)13-5-7-14(8-6-13)20-17(23)12-27-18-10-9-15(21-22-18)16-4-3-11-26-16/h3-11H,2,12H2,1H3,(H,20,23). The summed E-state index contributed by atoms with van der Waals surface area (Å²) in [6, 6.07) is 14.3. The van der Waals surface area contributed by atoms with Crippen molar-refractivity contribution in [2.45, 2.75) is 11.9 Å². The monoisotopic (exact) mass is 399 g/mol. The predicted octanol–water partition coefficient (Wildman–Crippen LogP) is 4.11. The smallest absolute Gasteiger partial charge is 0.338 e. The van der Waals surface area contributed by atoms with Gasteiger partial charge in [0.2, 0.25) is 5.91 Å². The molecule has 0 saturated carbocycles. The maximum Gasteiger partial charge on any atom is 0.338 e. The zero-order valence-corrected chi connectivity index (χ0v) is 16.2. The predicted molar refractivity (Wildman–Crippen MR) is 107 cm³/mol. The molecule has 2 heterocycles. The zero-order valence-electron chi connectivity index (χ0n) is 14.5. The number of aromatic nitrogens is 2. The van der Waals surface area contributed by atoms with E-state index in [1.807, 2.05) is 29.6 Å². The molecule has 0 saturated heterocycles. The van der Waals surface area contributed by atoms with E-state index in [1.165, 1.54) is 11.8 Å². The number of ether oxygens (including phenoxy) is 1. The van der Waals surface area contributed by atoms with Crippen molar-refractivity contribution in [3.63, 3.8) is 0 Å². The first-order valence-corrected chi connectivity index (χ1v) is 10.1. The Labute approximate surface area is 165 Å². The van der Waals surface area contributed by atoms with Crippen LogP contribution in [0.3, 0.4) is 0 Å². The number of hydrogen-bond donors (Lipinski definition) is 1. The summed E-state index contributed by atoms with van der Waals surface area (Å²) >= 11 is 2.92. The number of hydrogen-bond acceptors (Lipinski definition) is 7. The fraction of sp³-hybridized carbons (Fsp3) is 0.158. The Balaban J connectivity index is 1.50. The number of thiophene rings is 1. The highest BCUT2D eigenvalue weighted by molar-refractivity contribution is 7.99. The number of thioether (sulfide) groups is 1. The summed E-state index contributed by atoms with van der Waals surface area (Å²) in [5.41, 5.74) is 1.89. The zero-order chi connectivity index (χ0) is 19.1. The average molecular weight is 399 g/mol. The first-order valence-electron chi connectivity index (χ1n) is 8.23. The molecule has 0 radical (unpaired) electrons. The number of benzene rings is 1. The van der Waals surface area contributed by atoms with Crippen LogP contribution in [-0.4, -0.2) is 34.4 Å². The van der Waals surface area contributed by atoms with Crippen molar-refractivity contribution in [3.8, 4) is 10.6 Å². The molecule has 0 aliphatic carbocycles. The number of esters is 1. The quantitative estimate of drug-likeness (QED) is 0.476. The number of carbonyl (C=O) groups excluding carboxylic acids is 2. The van der Waals surface area contributed by atoms with Gasteiger partial charge in [-0.15, -0.1) is 21.5 Å². The van der Waals surface area contributed by atoms with E-state index >= 15 is 0 Å². The number of rotatable bonds is 7. The van der Waals surface area contributed by atoms with E-state index in [1.54, 1.807) is 42.5 Å². The minimum Gasteiger partial charge on any atom is -0.462 e. The largest absolute Gasteiger partial charge is 0.462 e. The molecular formula is C19H17N3O3S2. The molecule has 0 spiro atoms. The molecule has 0 unspecified atom stereocenters. The van der Waals surface area contributed by atoms with E-state index in [4.69, 9.17) is 4.74 Å². The summed E-state index contributed by atoms with van der Waals surface area (Å²) in [5.74, 6) is -0.323. The van der Waals surface area contributed by atoms with Gasteiger partial charge in [0.1, 0.15) is 10.7 Å². The van der Waals surface area contributed by atoms with Crippen molar-refractivity contribution in [3.05, 3.63) is 59.5 Å². The van der Waals surface area contributed by atoms with Crippen LogP contribution >= 0.6 is 23.1 Å². The maximum absolute atomic E-state index is 12.1. The van der Waals surface area contributed by atoms with Crippen LogP contribution in [0.1, 0.15) is 17.3 Å². The fourth-order valence-corrected chi connectivity index (χ4v) is 3.50. The molecule has 0 bridgehead atoms. The molecule has 8 heteroatoms. The van der Waals surface area contributed by atoms with Crippen molar-refractivity contribution in [1.29, 1.82) is 0 Å². The van der Waals surface area contributed by atoms with Crippen LogP contribution in [-0.2, 0) is 9.53 Å². The van der Waals surface area contributed by atoms with E-state index in [0.717, 1.165) is 10.6 Å². The van der Waals surface area contributed by atoms with Gasteiger partial charge in [-0.2, -0.15) is 0 Å². The van der Waals surface area contributed by atoms with Crippen molar-refractivity contribution in [1.82, 2.24) is 10.2 Å². The van der Waals surface area contributed by atoms with E-state index in [9.17, 15) is 9.59 Å². The van der Waals surface area contributed by atoms with Crippen LogP contribution in [0.2, 0.25) is 0 Å². The van der Waals surface area contributed by atoms with Gasteiger partial charge in [-0.3, -0.25) is 4.79 Å². The normalized spacial score (nSPS) is 10.4. The van der Waals surface area contributed by atoms with Crippen molar-refractivity contribution in [2.24, 2.45) is 0 Å². The fourth-order valence-electron chi connectivity index (χ4n) is 2.19. The lowest BCUT2D eigenvalue weighted by Crippen LogP contribution is -2.14. The average Bonchev–Trinajstić information content (AvgIpc) is 3.22. The van der Waals surface area contributed by atoms with Gasteiger partial charge in [0.25, 0.3) is 0 Å². The first-order chi connectivity index (χ1) is 13.2. The third-order valence-electron chi connectivity index (χ3n) is 3.44. The molecule has 3 aromatic rings.